The smallest absolute Gasteiger partial charge is 0.480 e. The quantitative estimate of drug-likeness (QED) is 0.0587. The van der Waals surface area contributed by atoms with Crippen molar-refractivity contribution in [3.8, 4) is 0 Å². The zero-order chi connectivity index (χ0) is 29.5. The van der Waals surface area contributed by atoms with Gasteiger partial charge in [-0.15, -0.1) is 4.76 Å². The van der Waals surface area contributed by atoms with Crippen molar-refractivity contribution in [3.63, 3.8) is 0 Å². The maximum Gasteiger partial charge on any atom is 0.508 e. The van der Waals surface area contributed by atoms with Crippen LogP contribution >= 0.6 is 7.75 Å². The first-order valence-electron chi connectivity index (χ1n) is 13.4. The predicted octanol–water partition coefficient (Wildman–Crippen LogP) is 4.70. The second-order valence-corrected chi connectivity index (χ2v) is 10.2. The van der Waals surface area contributed by atoms with Crippen LogP contribution in [0.1, 0.15) is 78.6 Å². The fourth-order valence-electron chi connectivity index (χ4n) is 2.98. The van der Waals surface area contributed by atoms with Gasteiger partial charge in [0, 0.05) is 7.05 Å². The molecule has 0 aromatic heterocycles. The molecule has 15 heteroatoms. The summed E-state index contributed by atoms with van der Waals surface area (Å²) in [6.07, 6.45) is 5.03. The minimum Gasteiger partial charge on any atom is -0.480 e. The standard InChI is InChI=1S/C24H46N3O11P/c1-5-8-11-14-33-23(30)35-16-18-37-39(32,38-19-17-36-24(31)34-15-12-9-6-2)26-22(25)27(4)20(21(28)29)13-10-7-3/h20H,5-19H2,1-4H3,(H,28,29)(H2,25,26,32). The number of nitrogens with zero attached hydrogens (tertiary/aromatic N) is 2. The number of carboxylic acids is 1. The number of nitrogens with two attached hydrogens (primary N) is 1. The summed E-state index contributed by atoms with van der Waals surface area (Å²) in [5.74, 6) is -1.52. The molecule has 0 rings (SSSR count). The van der Waals surface area contributed by atoms with Crippen LogP contribution in [0.4, 0.5) is 9.59 Å². The largest absolute Gasteiger partial charge is 0.508 e. The van der Waals surface area contributed by atoms with E-state index in [2.05, 4.69) is 4.76 Å². The van der Waals surface area contributed by atoms with Crippen LogP contribution in [0.15, 0.2) is 4.76 Å². The Morgan fingerprint density at radius 2 is 1.21 bits per heavy atom. The first kappa shape index (κ1) is 36.4. The molecule has 39 heavy (non-hydrogen) atoms. The fourth-order valence-corrected chi connectivity index (χ4v) is 4.18. The van der Waals surface area contributed by atoms with Crippen molar-refractivity contribution in [2.24, 2.45) is 10.5 Å². The molecule has 14 nitrogen and oxygen atoms in total. The Hall–Kier alpha value is -2.57. The van der Waals surface area contributed by atoms with Gasteiger partial charge in [-0.1, -0.05) is 59.3 Å². The number of ether oxygens (including phenoxy) is 4. The van der Waals surface area contributed by atoms with Gasteiger partial charge in [0.15, 0.2) is 0 Å². The second-order valence-electron chi connectivity index (χ2n) is 8.51. The molecule has 0 bridgehead atoms. The Labute approximate surface area is 231 Å². The van der Waals surface area contributed by atoms with Crippen molar-refractivity contribution < 1.29 is 52.1 Å². The highest BCUT2D eigenvalue weighted by molar-refractivity contribution is 7.52. The minimum atomic E-state index is -4.34. The number of carboxylic acid groups (broad SMARTS) is 1. The zero-order valence-electron chi connectivity index (χ0n) is 23.6. The van der Waals surface area contributed by atoms with Crippen LogP contribution in [0, 0.1) is 0 Å². The van der Waals surface area contributed by atoms with Crippen LogP contribution < -0.4 is 5.73 Å². The van der Waals surface area contributed by atoms with Crippen molar-refractivity contribution in [1.29, 1.82) is 0 Å². The van der Waals surface area contributed by atoms with E-state index >= 15 is 0 Å². The highest BCUT2D eigenvalue weighted by Crippen LogP contribution is 2.49. The molecule has 0 aliphatic rings. The lowest BCUT2D eigenvalue weighted by Crippen LogP contribution is -2.46. The number of guanidine groups is 1. The van der Waals surface area contributed by atoms with Crippen molar-refractivity contribution >= 4 is 32.0 Å². The lowest BCUT2D eigenvalue weighted by atomic mass is 10.1. The maximum absolute atomic E-state index is 13.3. The average molecular weight is 584 g/mol. The Morgan fingerprint density at radius 1 is 0.769 bits per heavy atom. The van der Waals surface area contributed by atoms with Gasteiger partial charge in [-0.05, 0) is 19.3 Å². The first-order valence-corrected chi connectivity index (χ1v) is 14.9. The van der Waals surface area contributed by atoms with E-state index in [-0.39, 0.29) is 46.1 Å². The highest BCUT2D eigenvalue weighted by Gasteiger charge is 2.29. The van der Waals surface area contributed by atoms with E-state index in [4.69, 9.17) is 33.7 Å². The molecule has 0 amide bonds. The van der Waals surface area contributed by atoms with E-state index in [1.807, 2.05) is 20.8 Å². The first-order chi connectivity index (χ1) is 18.6. The zero-order valence-corrected chi connectivity index (χ0v) is 24.5. The number of rotatable bonds is 22. The number of hydrogen-bond donors (Lipinski definition) is 2. The third kappa shape index (κ3) is 18.4. The van der Waals surface area contributed by atoms with Crippen molar-refractivity contribution in [2.75, 3.05) is 46.7 Å². The van der Waals surface area contributed by atoms with Crippen LogP contribution in [-0.4, -0.2) is 87.0 Å². The van der Waals surface area contributed by atoms with Crippen LogP contribution in [0.5, 0.6) is 0 Å². The Kier molecular flexibility index (Phi) is 20.8. The Morgan fingerprint density at radius 3 is 1.62 bits per heavy atom. The lowest BCUT2D eigenvalue weighted by molar-refractivity contribution is -0.141. The Bertz CT molecular complexity index is 746. The summed E-state index contributed by atoms with van der Waals surface area (Å²) >= 11 is 0. The minimum absolute atomic E-state index is 0.214. The second kappa shape index (κ2) is 22.3. The maximum atomic E-state index is 13.3. The van der Waals surface area contributed by atoms with Gasteiger partial charge in [-0.25, -0.2) is 18.9 Å². The summed E-state index contributed by atoms with van der Waals surface area (Å²) in [5, 5.41) is 9.55. The van der Waals surface area contributed by atoms with Gasteiger partial charge in [-0.2, -0.15) is 0 Å². The molecule has 0 heterocycles. The van der Waals surface area contributed by atoms with E-state index in [1.54, 1.807) is 0 Å². The van der Waals surface area contributed by atoms with E-state index in [9.17, 15) is 24.1 Å². The predicted molar refractivity (Wildman–Crippen MR) is 143 cm³/mol. The molecule has 0 radical (unpaired) electrons. The van der Waals surface area contributed by atoms with Gasteiger partial charge in [0.1, 0.15) is 19.3 Å². The molecule has 0 aromatic rings. The number of carbonyl (C=O) groups is 3. The summed E-state index contributed by atoms with van der Waals surface area (Å²) in [7, 11) is -2.95. The summed E-state index contributed by atoms with van der Waals surface area (Å²) in [6, 6.07) is -1.02. The molecule has 0 aliphatic carbocycles. The van der Waals surface area contributed by atoms with Crippen LogP contribution in [0.2, 0.25) is 0 Å². The van der Waals surface area contributed by atoms with E-state index in [0.717, 1.165) is 37.0 Å². The SMILES string of the molecule is CCCCCOC(=O)OCCOP(=O)(N=C(N)N(C)C(CCCC)C(=O)O)OCCOC(=O)OCCCCC. The number of carbonyl (C=O) groups excluding carboxylic acids is 2. The van der Waals surface area contributed by atoms with Gasteiger partial charge >= 0.3 is 26.0 Å². The van der Waals surface area contributed by atoms with Crippen LogP contribution in [-0.2, 0) is 37.4 Å². The molecular formula is C24H46N3O11P. The van der Waals surface area contributed by atoms with E-state index in [1.165, 1.54) is 7.05 Å². The van der Waals surface area contributed by atoms with E-state index in [0.29, 0.717) is 19.3 Å². The van der Waals surface area contributed by atoms with Gasteiger partial charge in [0.2, 0.25) is 5.96 Å². The molecule has 1 atom stereocenters. The summed E-state index contributed by atoms with van der Waals surface area (Å²) in [6.45, 7) is 4.96. The molecule has 0 fully saturated rings. The molecule has 3 N–H and O–H groups in total. The Balaban J connectivity index is 5.11. The molecule has 0 aromatic carbocycles. The van der Waals surface area contributed by atoms with Gasteiger partial charge in [0.25, 0.3) is 0 Å². The van der Waals surface area contributed by atoms with Crippen LogP contribution in [0.3, 0.4) is 0 Å². The summed E-state index contributed by atoms with van der Waals surface area (Å²) < 4.78 is 47.2. The highest BCUT2D eigenvalue weighted by atomic mass is 31.2. The van der Waals surface area contributed by atoms with Crippen molar-refractivity contribution in [2.45, 2.75) is 84.6 Å². The molecule has 0 spiro atoms. The lowest BCUT2D eigenvalue weighted by Gasteiger charge is -2.26. The van der Waals surface area contributed by atoms with E-state index < -0.39 is 38.0 Å². The average Bonchev–Trinajstić information content (AvgIpc) is 2.89. The molecular weight excluding hydrogens is 537 g/mol. The number of aliphatic carboxylic acids is 1. The monoisotopic (exact) mass is 583 g/mol. The normalized spacial score (nSPS) is 12.5. The number of unbranched alkanes of at least 4 members (excludes halogenated alkanes) is 5. The molecule has 0 saturated carbocycles. The number of hydrogen-bond acceptors (Lipinski definition) is 10. The third-order valence-corrected chi connectivity index (χ3v) is 6.69. The van der Waals surface area contributed by atoms with Crippen molar-refractivity contribution in [1.82, 2.24) is 4.90 Å². The fraction of sp³-hybridized carbons (Fsp3) is 0.833. The molecule has 0 aliphatic heterocycles. The molecule has 1 unspecified atom stereocenters. The number of likely N-dealkylation sites (N-methyl/N-ethyl adjacent to an activating group) is 1. The molecule has 0 saturated heterocycles. The topological polar surface area (TPSA) is 186 Å². The van der Waals surface area contributed by atoms with Gasteiger partial charge in [-0.3, -0.25) is 9.05 Å². The third-order valence-electron chi connectivity index (χ3n) is 5.22. The summed E-state index contributed by atoms with van der Waals surface area (Å²) in [4.78, 5) is 36.1. The van der Waals surface area contributed by atoms with Crippen LogP contribution in [0.25, 0.3) is 0 Å². The van der Waals surface area contributed by atoms with Gasteiger partial charge < -0.3 is 34.7 Å². The van der Waals surface area contributed by atoms with Gasteiger partial charge in [0.05, 0.1) is 26.4 Å². The summed E-state index contributed by atoms with van der Waals surface area (Å²) in [5.41, 5.74) is 5.95. The van der Waals surface area contributed by atoms with Crippen molar-refractivity contribution in [3.05, 3.63) is 0 Å². The molecule has 228 valence electrons.